The van der Waals surface area contributed by atoms with E-state index in [-0.39, 0.29) is 0 Å². The van der Waals surface area contributed by atoms with Gasteiger partial charge in [0.2, 0.25) is 0 Å². The summed E-state index contributed by atoms with van der Waals surface area (Å²) in [5.74, 6) is 1.64. The number of hydrogen-bond acceptors (Lipinski definition) is 4. The quantitative estimate of drug-likeness (QED) is 0.303. The van der Waals surface area contributed by atoms with E-state index in [1.54, 1.807) is 7.11 Å². The minimum atomic E-state index is 0.518. The van der Waals surface area contributed by atoms with Crippen LogP contribution in [0.25, 0.3) is 32.9 Å². The predicted molar refractivity (Wildman–Crippen MR) is 130 cm³/mol. The normalized spacial score (nSPS) is 12.1. The molecule has 2 heterocycles. The fraction of sp³-hybridized carbons (Fsp3) is 0.107. The Morgan fingerprint density at radius 2 is 1.59 bits per heavy atom. The van der Waals surface area contributed by atoms with E-state index in [2.05, 4.69) is 66.5 Å². The van der Waals surface area contributed by atoms with E-state index in [9.17, 15) is 0 Å². The number of pyridine rings is 1. The summed E-state index contributed by atoms with van der Waals surface area (Å²) in [6.45, 7) is 0.518. The van der Waals surface area contributed by atoms with Gasteiger partial charge in [0.1, 0.15) is 18.1 Å². The van der Waals surface area contributed by atoms with E-state index < -0.39 is 0 Å². The highest BCUT2D eigenvalue weighted by Crippen LogP contribution is 2.50. The highest BCUT2D eigenvalue weighted by Gasteiger charge is 2.26. The molecule has 0 fully saturated rings. The van der Waals surface area contributed by atoms with Crippen LogP contribution in [-0.2, 0) is 6.61 Å². The third kappa shape index (κ3) is 2.88. The second-order valence-electron chi connectivity index (χ2n) is 8.06. The molecular formula is C28H22N2O2. The largest absolute Gasteiger partial charge is 0.497 e. The summed E-state index contributed by atoms with van der Waals surface area (Å²) in [5.41, 5.74) is 7.67. The first kappa shape index (κ1) is 18.7. The van der Waals surface area contributed by atoms with Gasteiger partial charge in [-0.25, -0.2) is 4.98 Å². The van der Waals surface area contributed by atoms with Crippen molar-refractivity contribution in [1.82, 2.24) is 4.98 Å². The second kappa shape index (κ2) is 7.27. The molecule has 0 aliphatic carbocycles. The Labute approximate surface area is 186 Å². The Morgan fingerprint density at radius 3 is 2.44 bits per heavy atom. The van der Waals surface area contributed by atoms with Crippen molar-refractivity contribution in [2.45, 2.75) is 6.61 Å². The molecule has 1 aliphatic heterocycles. The van der Waals surface area contributed by atoms with Crippen LogP contribution in [0.2, 0.25) is 0 Å². The van der Waals surface area contributed by atoms with Crippen LogP contribution in [-0.4, -0.2) is 19.1 Å². The molecule has 0 unspecified atom stereocenters. The van der Waals surface area contributed by atoms with Crippen LogP contribution in [0, 0.1) is 0 Å². The zero-order valence-electron chi connectivity index (χ0n) is 18.0. The van der Waals surface area contributed by atoms with Gasteiger partial charge in [0.05, 0.1) is 23.8 Å². The van der Waals surface area contributed by atoms with Crippen LogP contribution in [0.5, 0.6) is 11.5 Å². The summed E-state index contributed by atoms with van der Waals surface area (Å²) >= 11 is 0. The fourth-order valence-electron chi connectivity index (χ4n) is 4.61. The third-order valence-corrected chi connectivity index (χ3v) is 6.18. The van der Waals surface area contributed by atoms with Gasteiger partial charge < -0.3 is 14.4 Å². The molecule has 0 amide bonds. The van der Waals surface area contributed by atoms with Crippen LogP contribution in [0.4, 0.5) is 11.4 Å². The molecule has 6 rings (SSSR count). The van der Waals surface area contributed by atoms with Gasteiger partial charge in [-0.3, -0.25) is 0 Å². The summed E-state index contributed by atoms with van der Waals surface area (Å²) in [6.07, 6.45) is 0. The minimum absolute atomic E-state index is 0.518. The van der Waals surface area contributed by atoms with Gasteiger partial charge in [0.15, 0.2) is 0 Å². The first-order valence-corrected chi connectivity index (χ1v) is 10.7. The average Bonchev–Trinajstić information content (AvgIpc) is 2.85. The Morgan fingerprint density at radius 1 is 0.781 bits per heavy atom. The van der Waals surface area contributed by atoms with Crippen molar-refractivity contribution in [2.24, 2.45) is 0 Å². The van der Waals surface area contributed by atoms with Gasteiger partial charge in [-0.2, -0.15) is 0 Å². The Hall–Kier alpha value is -4.05. The second-order valence-corrected chi connectivity index (χ2v) is 8.06. The molecule has 0 bridgehead atoms. The molecule has 5 aromatic rings. The smallest absolute Gasteiger partial charge is 0.124 e. The number of nitrogens with zero attached hydrogens (tertiary/aromatic N) is 2. The summed E-state index contributed by atoms with van der Waals surface area (Å²) in [4.78, 5) is 7.25. The summed E-state index contributed by atoms with van der Waals surface area (Å²) < 4.78 is 11.7. The standard InChI is InChI=1S/C28H22N2O2/c1-30-25-11-7-6-10-21(25)27-22-14-19(31-2)12-13-23(22)29-24-15-20(16-26(30)28(24)27)32-17-18-8-4-3-5-9-18/h3-16H,17H2,1-2H3. The van der Waals surface area contributed by atoms with Crippen LogP contribution in [0.1, 0.15) is 5.56 Å². The fourth-order valence-corrected chi connectivity index (χ4v) is 4.61. The van der Waals surface area contributed by atoms with Gasteiger partial charge in [-0.15, -0.1) is 0 Å². The molecular weight excluding hydrogens is 396 g/mol. The number of methoxy groups -OCH3 is 1. The van der Waals surface area contributed by atoms with E-state index in [1.165, 1.54) is 11.1 Å². The van der Waals surface area contributed by atoms with E-state index in [4.69, 9.17) is 14.5 Å². The Kier molecular flexibility index (Phi) is 4.25. The maximum absolute atomic E-state index is 6.20. The van der Waals surface area contributed by atoms with Gasteiger partial charge in [0, 0.05) is 46.8 Å². The number of aromatic nitrogens is 1. The van der Waals surface area contributed by atoms with Gasteiger partial charge >= 0.3 is 0 Å². The zero-order chi connectivity index (χ0) is 21.7. The molecule has 4 nitrogen and oxygen atoms in total. The number of rotatable bonds is 4. The minimum Gasteiger partial charge on any atom is -0.497 e. The van der Waals surface area contributed by atoms with Crippen molar-refractivity contribution in [1.29, 1.82) is 0 Å². The SMILES string of the molecule is COc1ccc2nc3cc(OCc4ccccc4)cc4c3c(c2c1)-c1ccccc1N4C. The first-order chi connectivity index (χ1) is 15.7. The zero-order valence-corrected chi connectivity index (χ0v) is 18.0. The maximum Gasteiger partial charge on any atom is 0.124 e. The number of benzene rings is 4. The molecule has 4 heteroatoms. The number of anilines is 2. The summed E-state index contributed by atoms with van der Waals surface area (Å²) in [7, 11) is 3.80. The maximum atomic E-state index is 6.20. The van der Waals surface area contributed by atoms with E-state index in [0.717, 1.165) is 50.2 Å². The highest BCUT2D eigenvalue weighted by atomic mass is 16.5. The molecule has 0 radical (unpaired) electrons. The van der Waals surface area contributed by atoms with Gasteiger partial charge in [0.25, 0.3) is 0 Å². The molecule has 0 N–H and O–H groups in total. The van der Waals surface area contributed by atoms with Crippen LogP contribution in [0.3, 0.4) is 0 Å². The van der Waals surface area contributed by atoms with Crippen LogP contribution in [0.15, 0.2) is 84.9 Å². The van der Waals surface area contributed by atoms with Crippen molar-refractivity contribution in [3.05, 3.63) is 90.5 Å². The van der Waals surface area contributed by atoms with Crippen molar-refractivity contribution < 1.29 is 9.47 Å². The number of hydrogen-bond donors (Lipinski definition) is 0. The van der Waals surface area contributed by atoms with Gasteiger partial charge in [-0.05, 0) is 29.8 Å². The van der Waals surface area contributed by atoms with Gasteiger partial charge in [-0.1, -0.05) is 48.5 Å². The van der Waals surface area contributed by atoms with Crippen LogP contribution < -0.4 is 14.4 Å². The van der Waals surface area contributed by atoms with Crippen molar-refractivity contribution >= 4 is 33.2 Å². The Balaban J connectivity index is 1.61. The first-order valence-electron chi connectivity index (χ1n) is 10.7. The topological polar surface area (TPSA) is 34.6 Å². The molecule has 156 valence electrons. The molecule has 4 aromatic carbocycles. The monoisotopic (exact) mass is 418 g/mol. The number of fused-ring (bicyclic) bond motifs is 4. The molecule has 1 aromatic heterocycles. The predicted octanol–water partition coefficient (Wildman–Crippen LogP) is 6.72. The summed E-state index contributed by atoms with van der Waals surface area (Å²) in [6, 6.07) is 29.0. The third-order valence-electron chi connectivity index (χ3n) is 6.18. The number of para-hydroxylation sites is 1. The molecule has 0 spiro atoms. The highest BCUT2D eigenvalue weighted by molar-refractivity contribution is 6.19. The van der Waals surface area contributed by atoms with Crippen LogP contribution >= 0.6 is 0 Å². The number of ether oxygens (including phenoxy) is 2. The average molecular weight is 418 g/mol. The lowest BCUT2D eigenvalue weighted by molar-refractivity contribution is 0.306. The van der Waals surface area contributed by atoms with E-state index >= 15 is 0 Å². The molecule has 0 saturated carbocycles. The van der Waals surface area contributed by atoms with E-state index in [1.807, 2.05) is 30.3 Å². The molecule has 0 atom stereocenters. The molecule has 32 heavy (non-hydrogen) atoms. The lowest BCUT2D eigenvalue weighted by Crippen LogP contribution is -2.15. The Bertz CT molecular complexity index is 1480. The van der Waals surface area contributed by atoms with Crippen molar-refractivity contribution in [3.63, 3.8) is 0 Å². The van der Waals surface area contributed by atoms with Crippen molar-refractivity contribution in [2.75, 3.05) is 19.1 Å². The summed E-state index contributed by atoms with van der Waals surface area (Å²) in [5, 5.41) is 2.23. The van der Waals surface area contributed by atoms with Crippen molar-refractivity contribution in [3.8, 4) is 22.6 Å². The molecule has 0 saturated heterocycles. The lowest BCUT2D eigenvalue weighted by Gasteiger charge is -2.31. The molecule has 1 aliphatic rings. The lowest BCUT2D eigenvalue weighted by atomic mass is 9.90. The van der Waals surface area contributed by atoms with E-state index in [0.29, 0.717) is 6.61 Å².